The molecule has 4 aromatic rings. The van der Waals surface area contributed by atoms with Crippen LogP contribution >= 0.6 is 24.0 Å². The zero-order chi connectivity index (χ0) is 17.6. The summed E-state index contributed by atoms with van der Waals surface area (Å²) in [4.78, 5) is 0. The minimum atomic E-state index is -0.222. The summed E-state index contributed by atoms with van der Waals surface area (Å²) in [5.41, 5.74) is 1.90. The van der Waals surface area contributed by atoms with E-state index < -0.39 is 0 Å². The molecule has 0 fully saturated rings. The molecule has 1 aromatic heterocycles. The average molecular weight is 368 g/mol. The van der Waals surface area contributed by atoms with Crippen molar-refractivity contribution in [1.29, 1.82) is 0 Å². The first-order valence-electron chi connectivity index (χ1n) is 7.87. The Morgan fingerprint density at radius 1 is 0.920 bits per heavy atom. The Kier molecular flexibility index (Phi) is 5.74. The number of thiophene rings is 1. The maximum absolute atomic E-state index is 12.9. The van der Waals surface area contributed by atoms with Crippen LogP contribution in [0.2, 0.25) is 0 Å². The molecule has 0 bridgehead atoms. The van der Waals surface area contributed by atoms with E-state index in [4.69, 9.17) is 0 Å². The predicted octanol–water partition coefficient (Wildman–Crippen LogP) is 7.04. The van der Waals surface area contributed by atoms with Crippen molar-refractivity contribution < 1.29 is 4.39 Å². The molecule has 4 heteroatoms. The molecule has 4 rings (SSSR count). The van der Waals surface area contributed by atoms with Gasteiger partial charge in [0.25, 0.3) is 0 Å². The molecule has 0 saturated heterocycles. The third-order valence-corrected chi connectivity index (χ3v) is 5.03. The molecule has 1 nitrogen and oxygen atoms in total. The van der Waals surface area contributed by atoms with Gasteiger partial charge in [0, 0.05) is 37.3 Å². The summed E-state index contributed by atoms with van der Waals surface area (Å²) in [7, 11) is 0. The van der Waals surface area contributed by atoms with E-state index in [1.165, 1.54) is 32.3 Å². The second kappa shape index (κ2) is 8.19. The first kappa shape index (κ1) is 17.5. The number of hydrogen-bond donors (Lipinski definition) is 2. The van der Waals surface area contributed by atoms with Crippen molar-refractivity contribution in [2.45, 2.75) is 0 Å². The SMILES string of the molecule is C=CCS.Fc1ccc(Nc2ccc3c(c2)sc2ccccc23)cc1. The highest BCUT2D eigenvalue weighted by atomic mass is 32.1. The van der Waals surface area contributed by atoms with Crippen molar-refractivity contribution in [3.63, 3.8) is 0 Å². The number of benzene rings is 3. The van der Waals surface area contributed by atoms with E-state index >= 15 is 0 Å². The van der Waals surface area contributed by atoms with Gasteiger partial charge in [-0.05, 0) is 42.5 Å². The Morgan fingerprint density at radius 2 is 1.56 bits per heavy atom. The van der Waals surface area contributed by atoms with Gasteiger partial charge >= 0.3 is 0 Å². The lowest BCUT2D eigenvalue weighted by Gasteiger charge is -2.06. The van der Waals surface area contributed by atoms with Crippen molar-refractivity contribution in [3.05, 3.63) is 85.2 Å². The Bertz CT molecular complexity index is 990. The van der Waals surface area contributed by atoms with Crippen LogP contribution in [-0.2, 0) is 0 Å². The molecule has 1 heterocycles. The minimum Gasteiger partial charge on any atom is -0.355 e. The number of nitrogens with one attached hydrogen (secondary N) is 1. The molecule has 0 aliphatic carbocycles. The van der Waals surface area contributed by atoms with Gasteiger partial charge in [0.05, 0.1) is 0 Å². The second-order valence-electron chi connectivity index (χ2n) is 5.41. The maximum Gasteiger partial charge on any atom is 0.123 e. The zero-order valence-electron chi connectivity index (χ0n) is 13.6. The number of thiol groups is 1. The van der Waals surface area contributed by atoms with E-state index in [0.29, 0.717) is 0 Å². The highest BCUT2D eigenvalue weighted by molar-refractivity contribution is 7.80. The van der Waals surface area contributed by atoms with E-state index in [-0.39, 0.29) is 5.82 Å². The predicted molar refractivity (Wildman–Crippen MR) is 113 cm³/mol. The lowest BCUT2D eigenvalue weighted by molar-refractivity contribution is 0.628. The van der Waals surface area contributed by atoms with Crippen LogP contribution in [0.1, 0.15) is 0 Å². The van der Waals surface area contributed by atoms with E-state index in [0.717, 1.165) is 17.1 Å². The molecule has 3 aromatic carbocycles. The molecular formula is C21H18FNS2. The molecule has 0 atom stereocenters. The van der Waals surface area contributed by atoms with Crippen LogP contribution in [0.5, 0.6) is 0 Å². The Morgan fingerprint density at radius 3 is 2.28 bits per heavy atom. The van der Waals surface area contributed by atoms with Crippen LogP contribution in [0.15, 0.2) is 79.4 Å². The van der Waals surface area contributed by atoms with E-state index in [9.17, 15) is 4.39 Å². The first-order chi connectivity index (χ1) is 12.2. The fourth-order valence-electron chi connectivity index (χ4n) is 2.50. The third kappa shape index (κ3) is 4.21. The van der Waals surface area contributed by atoms with Crippen molar-refractivity contribution in [2.75, 3.05) is 11.1 Å². The zero-order valence-corrected chi connectivity index (χ0v) is 15.3. The fraction of sp³-hybridized carbons (Fsp3) is 0.0476. The van der Waals surface area contributed by atoms with Gasteiger partial charge in [0.15, 0.2) is 0 Å². The van der Waals surface area contributed by atoms with E-state index in [1.54, 1.807) is 29.5 Å². The average Bonchev–Trinajstić information content (AvgIpc) is 3.01. The number of halogens is 1. The van der Waals surface area contributed by atoms with Gasteiger partial charge in [-0.1, -0.05) is 30.3 Å². The highest BCUT2D eigenvalue weighted by Crippen LogP contribution is 2.35. The van der Waals surface area contributed by atoms with E-state index in [2.05, 4.69) is 67.0 Å². The quantitative estimate of drug-likeness (QED) is 0.292. The number of anilines is 2. The van der Waals surface area contributed by atoms with Crippen LogP contribution in [0, 0.1) is 5.82 Å². The lowest BCUT2D eigenvalue weighted by Crippen LogP contribution is -1.89. The molecule has 0 spiro atoms. The second-order valence-corrected chi connectivity index (χ2v) is 6.86. The lowest BCUT2D eigenvalue weighted by atomic mass is 10.1. The largest absolute Gasteiger partial charge is 0.355 e. The summed E-state index contributed by atoms with van der Waals surface area (Å²) in [5, 5.41) is 5.88. The molecule has 0 amide bonds. The van der Waals surface area contributed by atoms with Crippen LogP contribution in [0.25, 0.3) is 20.2 Å². The van der Waals surface area contributed by atoms with Crippen molar-refractivity contribution in [3.8, 4) is 0 Å². The summed E-state index contributed by atoms with van der Waals surface area (Å²) in [6.07, 6.45) is 1.74. The maximum atomic E-state index is 12.9. The van der Waals surface area contributed by atoms with Crippen LogP contribution in [0.4, 0.5) is 15.8 Å². The molecule has 0 aliphatic heterocycles. The molecular weight excluding hydrogens is 349 g/mol. The standard InChI is InChI=1S/C18H12FNS.C3H6S/c19-12-5-7-13(8-6-12)20-14-9-10-16-15-3-1-2-4-17(15)21-18(16)11-14;1-2-3-4/h1-11,20H;2,4H,1,3H2. The molecule has 25 heavy (non-hydrogen) atoms. The summed E-state index contributed by atoms with van der Waals surface area (Å²) in [6.45, 7) is 3.40. The summed E-state index contributed by atoms with van der Waals surface area (Å²) < 4.78 is 15.5. The van der Waals surface area contributed by atoms with Gasteiger partial charge in [-0.15, -0.1) is 17.9 Å². The molecule has 1 N–H and O–H groups in total. The molecule has 0 radical (unpaired) electrons. The van der Waals surface area contributed by atoms with Gasteiger partial charge < -0.3 is 5.32 Å². The van der Waals surface area contributed by atoms with Crippen molar-refractivity contribution in [1.82, 2.24) is 0 Å². The van der Waals surface area contributed by atoms with Gasteiger partial charge in [0.1, 0.15) is 5.82 Å². The monoisotopic (exact) mass is 367 g/mol. The minimum absolute atomic E-state index is 0.222. The summed E-state index contributed by atoms with van der Waals surface area (Å²) >= 11 is 5.59. The highest BCUT2D eigenvalue weighted by Gasteiger charge is 2.05. The van der Waals surface area contributed by atoms with Crippen LogP contribution in [-0.4, -0.2) is 5.75 Å². The normalized spacial score (nSPS) is 10.3. The Hall–Kier alpha value is -2.30. The summed E-state index contributed by atoms with van der Waals surface area (Å²) in [6, 6.07) is 21.2. The van der Waals surface area contributed by atoms with E-state index in [1.807, 2.05) is 0 Å². The number of fused-ring (bicyclic) bond motifs is 3. The molecule has 0 unspecified atom stereocenters. The molecule has 0 aliphatic rings. The van der Waals surface area contributed by atoms with Crippen LogP contribution < -0.4 is 5.32 Å². The topological polar surface area (TPSA) is 12.0 Å². The van der Waals surface area contributed by atoms with Crippen molar-refractivity contribution >= 4 is 55.5 Å². The van der Waals surface area contributed by atoms with Crippen LogP contribution in [0.3, 0.4) is 0 Å². The number of rotatable bonds is 3. The number of hydrogen-bond acceptors (Lipinski definition) is 3. The van der Waals surface area contributed by atoms with Crippen molar-refractivity contribution in [2.24, 2.45) is 0 Å². The van der Waals surface area contributed by atoms with Gasteiger partial charge in [-0.3, -0.25) is 0 Å². The first-order valence-corrected chi connectivity index (χ1v) is 9.32. The van der Waals surface area contributed by atoms with Gasteiger partial charge in [-0.25, -0.2) is 4.39 Å². The van der Waals surface area contributed by atoms with Gasteiger partial charge in [-0.2, -0.15) is 12.6 Å². The third-order valence-electron chi connectivity index (χ3n) is 3.64. The Balaban J connectivity index is 0.000000415. The Labute approximate surface area is 156 Å². The molecule has 126 valence electrons. The fourth-order valence-corrected chi connectivity index (χ4v) is 3.65. The smallest absolute Gasteiger partial charge is 0.123 e. The summed E-state index contributed by atoms with van der Waals surface area (Å²) in [5.74, 6) is 0.556. The molecule has 0 saturated carbocycles. The van der Waals surface area contributed by atoms with Gasteiger partial charge in [0.2, 0.25) is 0 Å².